The molecule has 1 heterocycles. The highest BCUT2D eigenvalue weighted by atomic mass is 16.6. The molecule has 0 amide bonds. The number of fused-ring (bicyclic) bond motifs is 2. The van der Waals surface area contributed by atoms with Crippen molar-refractivity contribution in [1.29, 1.82) is 0 Å². The first-order valence-electron chi connectivity index (χ1n) is 14.1. The predicted octanol–water partition coefficient (Wildman–Crippen LogP) is 4.99. The minimum atomic E-state index is -1.27. The van der Waals surface area contributed by atoms with Crippen LogP contribution >= 0.6 is 0 Å². The zero-order valence-corrected chi connectivity index (χ0v) is 23.6. The Kier molecular flexibility index (Phi) is 6.81. The summed E-state index contributed by atoms with van der Waals surface area (Å²) in [7, 11) is 0. The number of carboxylic acids is 1. The number of esters is 2. The number of ether oxygens (including phenoxy) is 2. The van der Waals surface area contributed by atoms with Gasteiger partial charge in [-0.1, -0.05) is 49.8 Å². The van der Waals surface area contributed by atoms with Gasteiger partial charge in [-0.25, -0.2) is 4.79 Å². The van der Waals surface area contributed by atoms with Gasteiger partial charge < -0.3 is 19.7 Å². The van der Waals surface area contributed by atoms with Gasteiger partial charge in [0.2, 0.25) is 0 Å². The molecule has 1 saturated heterocycles. The van der Waals surface area contributed by atoms with Gasteiger partial charge in [-0.05, 0) is 74.5 Å². The second-order valence-electron chi connectivity index (χ2n) is 12.4. The normalized spacial score (nSPS) is 35.8. The van der Waals surface area contributed by atoms with Crippen LogP contribution in [0.15, 0.2) is 41.5 Å². The van der Waals surface area contributed by atoms with E-state index in [1.165, 1.54) is 6.92 Å². The minimum absolute atomic E-state index is 0.0832. The van der Waals surface area contributed by atoms with Crippen LogP contribution in [0.3, 0.4) is 0 Å². The largest absolute Gasteiger partial charge is 0.481 e. The SMILES string of the molecule is C=C1C(=O)O[C@H]2C[C@H](C)[C@@]34C[C@](C(=O)O)(c5ccc(C)c([C@@H](C)CCCO)c5)[C@@H](C(C)=C3C[C@H]12)[C@@H]4OC(C)=O. The molecular weight excluding hydrogens is 496 g/mol. The fraction of sp³-hybridized carbons (Fsp3) is 0.594. The molecule has 3 aliphatic carbocycles. The number of aliphatic carboxylic acids is 1. The van der Waals surface area contributed by atoms with Crippen molar-refractivity contribution in [2.24, 2.45) is 23.2 Å². The number of benzene rings is 1. The highest BCUT2D eigenvalue weighted by Gasteiger charge is 2.74. The Hall–Kier alpha value is -2.93. The lowest BCUT2D eigenvalue weighted by molar-refractivity contribution is -0.155. The number of aryl methyl sites for hydroxylation is 1. The van der Waals surface area contributed by atoms with E-state index in [0.29, 0.717) is 31.3 Å². The molecule has 4 aliphatic rings. The number of rotatable bonds is 7. The number of hydrogen-bond acceptors (Lipinski definition) is 6. The molecular formula is C32H40O7. The fourth-order valence-corrected chi connectivity index (χ4v) is 8.65. The average Bonchev–Trinajstić information content (AvgIpc) is 3.36. The average molecular weight is 537 g/mol. The number of hydrogen-bond donors (Lipinski definition) is 2. The molecule has 39 heavy (non-hydrogen) atoms. The van der Waals surface area contributed by atoms with Crippen molar-refractivity contribution in [3.63, 3.8) is 0 Å². The maximum Gasteiger partial charge on any atom is 0.334 e. The van der Waals surface area contributed by atoms with Crippen molar-refractivity contribution in [3.05, 3.63) is 58.2 Å². The van der Waals surface area contributed by atoms with Gasteiger partial charge in [-0.2, -0.15) is 0 Å². The first-order valence-corrected chi connectivity index (χ1v) is 14.1. The molecule has 1 aromatic rings. The summed E-state index contributed by atoms with van der Waals surface area (Å²) in [6, 6.07) is 5.97. The van der Waals surface area contributed by atoms with Gasteiger partial charge in [-0.15, -0.1) is 0 Å². The lowest BCUT2D eigenvalue weighted by Gasteiger charge is -2.42. The Morgan fingerprint density at radius 1 is 1.28 bits per heavy atom. The monoisotopic (exact) mass is 536 g/mol. The van der Waals surface area contributed by atoms with Gasteiger partial charge in [0.1, 0.15) is 17.6 Å². The molecule has 0 unspecified atom stereocenters. The summed E-state index contributed by atoms with van der Waals surface area (Å²) in [6.45, 7) is 13.7. The highest BCUT2D eigenvalue weighted by Crippen LogP contribution is 2.72. The van der Waals surface area contributed by atoms with E-state index in [4.69, 9.17) is 9.47 Å². The van der Waals surface area contributed by atoms with Crippen molar-refractivity contribution in [3.8, 4) is 0 Å². The maximum absolute atomic E-state index is 13.5. The Balaban J connectivity index is 1.69. The molecule has 8 atom stereocenters. The van der Waals surface area contributed by atoms with Crippen LogP contribution < -0.4 is 0 Å². The molecule has 1 spiro atoms. The van der Waals surface area contributed by atoms with E-state index in [1.54, 1.807) is 0 Å². The Morgan fingerprint density at radius 2 is 2.00 bits per heavy atom. The summed E-state index contributed by atoms with van der Waals surface area (Å²) in [4.78, 5) is 38.4. The smallest absolute Gasteiger partial charge is 0.334 e. The Labute approximate surface area is 230 Å². The summed E-state index contributed by atoms with van der Waals surface area (Å²) in [5.74, 6) is -2.29. The van der Waals surface area contributed by atoms with E-state index < -0.39 is 34.8 Å². The molecule has 7 heteroatoms. The molecule has 210 valence electrons. The van der Waals surface area contributed by atoms with E-state index in [0.717, 1.165) is 34.3 Å². The van der Waals surface area contributed by atoms with Gasteiger partial charge >= 0.3 is 17.9 Å². The van der Waals surface area contributed by atoms with Gasteiger partial charge in [0, 0.05) is 36.4 Å². The van der Waals surface area contributed by atoms with Crippen LogP contribution in [0.4, 0.5) is 0 Å². The number of carbonyl (C=O) groups is 3. The Bertz CT molecular complexity index is 1280. The first-order chi connectivity index (χ1) is 18.4. The van der Waals surface area contributed by atoms with Crippen molar-refractivity contribution in [2.75, 3.05) is 6.61 Å². The van der Waals surface area contributed by atoms with Crippen molar-refractivity contribution in [2.45, 2.75) is 90.3 Å². The molecule has 7 nitrogen and oxygen atoms in total. The van der Waals surface area contributed by atoms with Gasteiger partial charge in [-0.3, -0.25) is 9.59 Å². The highest BCUT2D eigenvalue weighted by molar-refractivity contribution is 5.91. The van der Waals surface area contributed by atoms with Crippen LogP contribution in [0.1, 0.15) is 82.4 Å². The van der Waals surface area contributed by atoms with Gasteiger partial charge in [0.15, 0.2) is 0 Å². The van der Waals surface area contributed by atoms with Gasteiger partial charge in [0.05, 0.1) is 0 Å². The number of carboxylic acid groups (broad SMARTS) is 1. The molecule has 1 aromatic carbocycles. The molecule has 3 fully saturated rings. The van der Waals surface area contributed by atoms with E-state index in [2.05, 4.69) is 20.4 Å². The van der Waals surface area contributed by atoms with Crippen LogP contribution in [0.2, 0.25) is 0 Å². The zero-order valence-electron chi connectivity index (χ0n) is 23.6. The van der Waals surface area contributed by atoms with Crippen LogP contribution in [-0.4, -0.2) is 46.9 Å². The van der Waals surface area contributed by atoms with Crippen molar-refractivity contribution < 1.29 is 34.1 Å². The predicted molar refractivity (Wildman–Crippen MR) is 145 cm³/mol. The van der Waals surface area contributed by atoms with Crippen LogP contribution in [0.25, 0.3) is 0 Å². The zero-order chi connectivity index (χ0) is 28.4. The quantitative estimate of drug-likeness (QED) is 0.287. The standard InChI is InChI=1S/C32H40O7/c1-16(8-7-11-33)23-13-22(10-9-17(23)2)32(30(36)37)15-31-18(3)12-26-24(19(4)29(35)39-26)14-25(31)20(5)27(32)28(31)38-21(6)34/h9-10,13,16,18,24,26-28,33H,4,7-8,11-12,14-15H2,1-3,5-6H3,(H,36,37)/t16-,18-,24+,26-,27-,28-,31-,32-/m0/s1. The molecule has 2 N–H and O–H groups in total. The first kappa shape index (κ1) is 27.6. The van der Waals surface area contributed by atoms with E-state index in [-0.39, 0.29) is 36.4 Å². The van der Waals surface area contributed by atoms with Crippen molar-refractivity contribution >= 4 is 17.9 Å². The third kappa shape index (κ3) is 3.83. The summed E-state index contributed by atoms with van der Waals surface area (Å²) >= 11 is 0. The van der Waals surface area contributed by atoms with Crippen LogP contribution in [0.5, 0.6) is 0 Å². The second kappa shape index (κ2) is 9.61. The Morgan fingerprint density at radius 3 is 2.64 bits per heavy atom. The lowest BCUT2D eigenvalue weighted by atomic mass is 9.60. The molecule has 5 rings (SSSR count). The topological polar surface area (TPSA) is 110 Å². The minimum Gasteiger partial charge on any atom is -0.481 e. The number of carbonyl (C=O) groups excluding carboxylic acids is 2. The molecule has 1 aliphatic heterocycles. The second-order valence-corrected chi connectivity index (χ2v) is 12.4. The van der Waals surface area contributed by atoms with Crippen molar-refractivity contribution in [1.82, 2.24) is 0 Å². The molecule has 2 saturated carbocycles. The van der Waals surface area contributed by atoms with E-state index in [9.17, 15) is 24.6 Å². The third-order valence-corrected chi connectivity index (χ3v) is 10.5. The van der Waals surface area contributed by atoms with Gasteiger partial charge in [0.25, 0.3) is 0 Å². The molecule has 0 aromatic heterocycles. The van der Waals surface area contributed by atoms with E-state index in [1.807, 2.05) is 32.0 Å². The number of aliphatic hydroxyl groups excluding tert-OH is 1. The maximum atomic E-state index is 13.5. The van der Waals surface area contributed by atoms with E-state index >= 15 is 0 Å². The summed E-state index contributed by atoms with van der Waals surface area (Å²) in [5, 5.41) is 20.4. The van der Waals surface area contributed by atoms with Crippen LogP contribution in [-0.2, 0) is 29.3 Å². The fourth-order valence-electron chi connectivity index (χ4n) is 8.65. The number of aliphatic hydroxyl groups is 1. The van der Waals surface area contributed by atoms with Crippen LogP contribution in [0, 0.1) is 30.1 Å². The lowest BCUT2D eigenvalue weighted by Crippen LogP contribution is -2.44. The summed E-state index contributed by atoms with van der Waals surface area (Å²) < 4.78 is 11.8. The third-order valence-electron chi connectivity index (χ3n) is 10.5. The molecule has 2 bridgehead atoms. The summed E-state index contributed by atoms with van der Waals surface area (Å²) in [5.41, 5.74) is 3.49. The summed E-state index contributed by atoms with van der Waals surface area (Å²) in [6.07, 6.45) is 1.99. The molecule has 0 radical (unpaired) electrons.